The van der Waals surface area contributed by atoms with E-state index in [0.29, 0.717) is 19.0 Å². The highest BCUT2D eigenvalue weighted by Gasteiger charge is 2.24. The van der Waals surface area contributed by atoms with E-state index in [9.17, 15) is 5.11 Å². The average Bonchev–Trinajstić information content (AvgIpc) is 3.13. The molecule has 0 aliphatic carbocycles. The number of rotatable bonds is 7. The Kier molecular flexibility index (Phi) is 9.38. The number of hydrogen-bond acceptors (Lipinski definition) is 4. The molecule has 0 amide bonds. The summed E-state index contributed by atoms with van der Waals surface area (Å²) in [6.07, 6.45) is 0. The van der Waals surface area contributed by atoms with Crippen molar-refractivity contribution in [3.63, 3.8) is 0 Å². The molecule has 0 fully saturated rings. The third kappa shape index (κ3) is 6.44. The molecular formula is C19H28IN3O2S. The van der Waals surface area contributed by atoms with E-state index in [0.717, 1.165) is 28.3 Å². The molecule has 0 saturated heterocycles. The van der Waals surface area contributed by atoms with Gasteiger partial charge in [0.25, 0.3) is 0 Å². The zero-order valence-corrected chi connectivity index (χ0v) is 18.9. The van der Waals surface area contributed by atoms with Crippen LogP contribution < -0.4 is 15.4 Å². The fraction of sp³-hybridized carbons (Fsp3) is 0.421. The summed E-state index contributed by atoms with van der Waals surface area (Å²) in [5, 5.41) is 19.0. The van der Waals surface area contributed by atoms with Gasteiger partial charge in [0.2, 0.25) is 0 Å². The Morgan fingerprint density at radius 2 is 2.08 bits per heavy atom. The van der Waals surface area contributed by atoms with Crippen molar-refractivity contribution in [2.75, 3.05) is 20.2 Å². The van der Waals surface area contributed by atoms with E-state index in [4.69, 9.17) is 4.74 Å². The lowest BCUT2D eigenvalue weighted by Crippen LogP contribution is -2.44. The van der Waals surface area contributed by atoms with Crippen LogP contribution in [0.4, 0.5) is 0 Å². The first-order valence-electron chi connectivity index (χ1n) is 8.38. The van der Waals surface area contributed by atoms with Crippen LogP contribution in [0.3, 0.4) is 0 Å². The number of aliphatic imine (C=N–C) groups is 1. The zero-order valence-electron chi connectivity index (χ0n) is 15.7. The van der Waals surface area contributed by atoms with E-state index in [-0.39, 0.29) is 24.0 Å². The molecule has 2 rings (SSSR count). The second-order valence-electron chi connectivity index (χ2n) is 6.10. The summed E-state index contributed by atoms with van der Waals surface area (Å²) in [5.74, 6) is 1.57. The number of methoxy groups -OCH3 is 1. The number of nitrogens with one attached hydrogen (secondary N) is 2. The van der Waals surface area contributed by atoms with Crippen LogP contribution in [0.2, 0.25) is 0 Å². The Morgan fingerprint density at radius 3 is 2.65 bits per heavy atom. The molecule has 2 aromatic rings. The first kappa shape index (κ1) is 22.7. The number of nitrogens with zero attached hydrogens (tertiary/aromatic N) is 1. The number of aryl methyl sites for hydroxylation is 1. The highest BCUT2D eigenvalue weighted by atomic mass is 127. The fourth-order valence-corrected chi connectivity index (χ4v) is 3.27. The monoisotopic (exact) mass is 489 g/mol. The Morgan fingerprint density at radius 1 is 1.31 bits per heavy atom. The number of ether oxygens (including phenoxy) is 1. The van der Waals surface area contributed by atoms with Crippen LogP contribution in [0, 0.1) is 6.92 Å². The van der Waals surface area contributed by atoms with E-state index in [2.05, 4.69) is 21.7 Å². The van der Waals surface area contributed by atoms with Gasteiger partial charge in [0, 0.05) is 11.4 Å². The van der Waals surface area contributed by atoms with Gasteiger partial charge in [0.1, 0.15) is 11.4 Å². The van der Waals surface area contributed by atoms with E-state index in [1.165, 1.54) is 0 Å². The molecule has 3 N–H and O–H groups in total. The van der Waals surface area contributed by atoms with Gasteiger partial charge in [0.15, 0.2) is 5.96 Å². The van der Waals surface area contributed by atoms with Crippen LogP contribution in [0.25, 0.3) is 0 Å². The highest BCUT2D eigenvalue weighted by molar-refractivity contribution is 14.0. The van der Waals surface area contributed by atoms with Crippen LogP contribution in [0.1, 0.15) is 29.9 Å². The summed E-state index contributed by atoms with van der Waals surface area (Å²) in [6.45, 7) is 7.55. The minimum Gasteiger partial charge on any atom is -0.496 e. The molecule has 7 heteroatoms. The molecule has 0 aliphatic rings. The molecule has 5 nitrogen and oxygen atoms in total. The maximum atomic E-state index is 10.6. The van der Waals surface area contributed by atoms with Crippen molar-refractivity contribution in [2.45, 2.75) is 32.9 Å². The van der Waals surface area contributed by atoms with Crippen LogP contribution in [-0.4, -0.2) is 31.3 Å². The molecule has 26 heavy (non-hydrogen) atoms. The minimum absolute atomic E-state index is 0. The van der Waals surface area contributed by atoms with Gasteiger partial charge >= 0.3 is 0 Å². The van der Waals surface area contributed by atoms with E-state index < -0.39 is 5.60 Å². The molecule has 0 radical (unpaired) electrons. The molecule has 0 spiro atoms. The molecule has 0 bridgehead atoms. The van der Waals surface area contributed by atoms with Gasteiger partial charge in [-0.1, -0.05) is 18.2 Å². The predicted octanol–water partition coefficient (Wildman–Crippen LogP) is 3.65. The van der Waals surface area contributed by atoms with Crippen molar-refractivity contribution in [3.8, 4) is 5.75 Å². The largest absolute Gasteiger partial charge is 0.496 e. The molecule has 1 aromatic carbocycles. The maximum absolute atomic E-state index is 10.6. The minimum atomic E-state index is -0.930. The predicted molar refractivity (Wildman–Crippen MR) is 120 cm³/mol. The highest BCUT2D eigenvalue weighted by Crippen LogP contribution is 2.24. The Hall–Kier alpha value is -1.32. The standard InChI is InChI=1S/C19H27N3O2S.HI/c1-5-20-18(22-13-19(3,23)17-7-6-10-25-17)21-12-15-8-9-16(24-4)14(2)11-15;/h6-11,23H,5,12-13H2,1-4H3,(H2,20,21,22);1H. The van der Waals surface area contributed by atoms with E-state index in [1.807, 2.05) is 50.4 Å². The van der Waals surface area contributed by atoms with Gasteiger partial charge < -0.3 is 20.5 Å². The maximum Gasteiger partial charge on any atom is 0.191 e. The molecule has 0 aliphatic heterocycles. The summed E-state index contributed by atoms with van der Waals surface area (Å²) < 4.78 is 5.29. The van der Waals surface area contributed by atoms with Crippen LogP contribution in [0.15, 0.2) is 40.7 Å². The zero-order chi connectivity index (χ0) is 18.3. The van der Waals surface area contributed by atoms with Crippen molar-refractivity contribution in [1.29, 1.82) is 0 Å². The van der Waals surface area contributed by atoms with E-state index >= 15 is 0 Å². The summed E-state index contributed by atoms with van der Waals surface area (Å²) in [7, 11) is 1.67. The van der Waals surface area contributed by atoms with Gasteiger partial charge in [-0.2, -0.15) is 0 Å². The van der Waals surface area contributed by atoms with Crippen LogP contribution in [0.5, 0.6) is 5.75 Å². The number of hydrogen-bond donors (Lipinski definition) is 3. The summed E-state index contributed by atoms with van der Waals surface area (Å²) in [5.41, 5.74) is 1.27. The number of aliphatic hydroxyl groups is 1. The smallest absolute Gasteiger partial charge is 0.191 e. The summed E-state index contributed by atoms with van der Waals surface area (Å²) in [6, 6.07) is 9.94. The number of thiophene rings is 1. The Balaban J connectivity index is 0.00000338. The van der Waals surface area contributed by atoms with Crippen LogP contribution >= 0.6 is 35.3 Å². The van der Waals surface area contributed by atoms with Gasteiger partial charge in [-0.15, -0.1) is 35.3 Å². The van der Waals surface area contributed by atoms with Crippen molar-refractivity contribution in [1.82, 2.24) is 10.6 Å². The second-order valence-corrected chi connectivity index (χ2v) is 7.05. The van der Waals surface area contributed by atoms with E-state index in [1.54, 1.807) is 18.4 Å². The summed E-state index contributed by atoms with van der Waals surface area (Å²) >= 11 is 1.55. The number of halogens is 1. The lowest BCUT2D eigenvalue weighted by molar-refractivity contribution is 0.0655. The van der Waals surface area contributed by atoms with Crippen molar-refractivity contribution < 1.29 is 9.84 Å². The topological polar surface area (TPSA) is 65.9 Å². The number of benzene rings is 1. The average molecular weight is 489 g/mol. The quantitative estimate of drug-likeness (QED) is 0.316. The number of guanidine groups is 1. The molecule has 1 heterocycles. The SMILES string of the molecule is CCNC(=NCc1ccc(OC)c(C)c1)NCC(C)(O)c1cccs1.I. The molecule has 1 unspecified atom stereocenters. The first-order chi connectivity index (χ1) is 12.0. The van der Waals surface area contributed by atoms with Crippen molar-refractivity contribution in [3.05, 3.63) is 51.7 Å². The normalized spacial score (nSPS) is 13.5. The molecule has 144 valence electrons. The third-order valence-corrected chi connectivity index (χ3v) is 5.00. The molecule has 1 aromatic heterocycles. The third-order valence-electron chi connectivity index (χ3n) is 3.88. The first-order valence-corrected chi connectivity index (χ1v) is 9.26. The summed E-state index contributed by atoms with van der Waals surface area (Å²) in [4.78, 5) is 5.54. The van der Waals surface area contributed by atoms with Gasteiger partial charge in [-0.25, -0.2) is 4.99 Å². The molecule has 0 saturated carbocycles. The fourth-order valence-electron chi connectivity index (χ4n) is 2.48. The van der Waals surface area contributed by atoms with Crippen LogP contribution in [-0.2, 0) is 12.1 Å². The molecular weight excluding hydrogens is 461 g/mol. The van der Waals surface area contributed by atoms with Gasteiger partial charge in [-0.3, -0.25) is 0 Å². The van der Waals surface area contributed by atoms with Gasteiger partial charge in [0.05, 0.1) is 20.2 Å². The lowest BCUT2D eigenvalue weighted by atomic mass is 10.1. The lowest BCUT2D eigenvalue weighted by Gasteiger charge is -2.23. The Labute approximate surface area is 176 Å². The van der Waals surface area contributed by atoms with Gasteiger partial charge in [-0.05, 0) is 49.4 Å². The van der Waals surface area contributed by atoms with Crippen molar-refractivity contribution >= 4 is 41.3 Å². The Bertz CT molecular complexity index is 703. The second kappa shape index (κ2) is 10.7. The van der Waals surface area contributed by atoms with Crippen molar-refractivity contribution in [2.24, 2.45) is 4.99 Å². The molecule has 1 atom stereocenters.